The lowest BCUT2D eigenvalue weighted by Crippen LogP contribution is -3.11. The number of imide groups is 1. The van der Waals surface area contributed by atoms with Crippen LogP contribution in [0, 0.1) is 0 Å². The number of likely N-dealkylation sites (tertiary alicyclic amines) is 1. The standard InChI is InChI=1S/C21H28N4O3/c1-4-17-16(15-7-5-6-8-18(15)28-17)13-24(3)14-25-19(26)21(22-20(25)27)9-11-23(2)12-10-21/h5-8H,4,9-14H2,1-3H3,(H,22,27)/p+2. The molecule has 0 radical (unpaired) electrons. The van der Waals surface area contributed by atoms with Crippen LogP contribution in [0.5, 0.6) is 0 Å². The first-order chi connectivity index (χ1) is 13.4. The molecule has 1 aromatic heterocycles. The highest BCUT2D eigenvalue weighted by Crippen LogP contribution is 2.27. The minimum absolute atomic E-state index is 0.0582. The first-order valence-electron chi connectivity index (χ1n) is 10.2. The molecule has 0 aliphatic carbocycles. The van der Waals surface area contributed by atoms with E-state index in [1.807, 2.05) is 25.2 Å². The molecule has 3 N–H and O–H groups in total. The van der Waals surface area contributed by atoms with Crippen molar-refractivity contribution in [3.8, 4) is 0 Å². The van der Waals surface area contributed by atoms with E-state index in [1.54, 1.807) is 0 Å². The van der Waals surface area contributed by atoms with Crippen molar-refractivity contribution in [1.82, 2.24) is 10.2 Å². The van der Waals surface area contributed by atoms with Crippen molar-refractivity contribution in [2.75, 3.05) is 33.9 Å². The van der Waals surface area contributed by atoms with E-state index in [0.717, 1.165) is 41.1 Å². The van der Waals surface area contributed by atoms with Gasteiger partial charge >= 0.3 is 6.03 Å². The Kier molecular flexibility index (Phi) is 4.89. The number of quaternary nitrogens is 2. The molecule has 4 rings (SSSR count). The van der Waals surface area contributed by atoms with Crippen LogP contribution in [0.3, 0.4) is 0 Å². The summed E-state index contributed by atoms with van der Waals surface area (Å²) in [5.74, 6) is 0.921. The van der Waals surface area contributed by atoms with Crippen LogP contribution in [-0.2, 0) is 17.8 Å². The lowest BCUT2D eigenvalue weighted by Gasteiger charge is -2.33. The van der Waals surface area contributed by atoms with Gasteiger partial charge in [0.25, 0.3) is 5.91 Å². The number of para-hydroxylation sites is 1. The molecule has 1 aromatic carbocycles. The van der Waals surface area contributed by atoms with Gasteiger partial charge < -0.3 is 19.5 Å². The molecule has 1 atom stereocenters. The van der Waals surface area contributed by atoms with Crippen molar-refractivity contribution >= 4 is 22.9 Å². The minimum atomic E-state index is -0.687. The molecule has 3 heterocycles. The fourth-order valence-electron chi connectivity index (χ4n) is 4.52. The number of rotatable bonds is 5. The molecule has 28 heavy (non-hydrogen) atoms. The van der Waals surface area contributed by atoms with Crippen LogP contribution in [0.15, 0.2) is 28.7 Å². The normalized spacial score (nSPS) is 26.2. The molecule has 2 aliphatic rings. The first-order valence-corrected chi connectivity index (χ1v) is 10.2. The number of urea groups is 1. The largest absolute Gasteiger partial charge is 0.461 e. The average molecular weight is 386 g/mol. The van der Waals surface area contributed by atoms with E-state index >= 15 is 0 Å². The van der Waals surface area contributed by atoms with Crippen LogP contribution >= 0.6 is 0 Å². The molecule has 150 valence electrons. The van der Waals surface area contributed by atoms with Crippen molar-refractivity contribution < 1.29 is 23.8 Å². The fraction of sp³-hybridized carbons (Fsp3) is 0.524. The fourth-order valence-corrected chi connectivity index (χ4v) is 4.52. The number of fused-ring (bicyclic) bond motifs is 1. The maximum Gasteiger partial charge on any atom is 0.329 e. The Morgan fingerprint density at radius 3 is 2.68 bits per heavy atom. The summed E-state index contributed by atoms with van der Waals surface area (Å²) >= 11 is 0. The summed E-state index contributed by atoms with van der Waals surface area (Å²) in [5, 5.41) is 4.11. The van der Waals surface area contributed by atoms with Gasteiger partial charge in [0.1, 0.15) is 23.4 Å². The van der Waals surface area contributed by atoms with Crippen molar-refractivity contribution in [2.24, 2.45) is 0 Å². The maximum atomic E-state index is 13.1. The highest BCUT2D eigenvalue weighted by atomic mass is 16.3. The highest BCUT2D eigenvalue weighted by Gasteiger charge is 2.54. The van der Waals surface area contributed by atoms with Crippen molar-refractivity contribution in [1.29, 1.82) is 0 Å². The third kappa shape index (κ3) is 3.18. The van der Waals surface area contributed by atoms with Crippen molar-refractivity contribution in [3.05, 3.63) is 35.6 Å². The zero-order valence-electron chi connectivity index (χ0n) is 16.9. The third-order valence-corrected chi connectivity index (χ3v) is 6.21. The number of nitrogens with zero attached hydrogens (tertiary/aromatic N) is 1. The number of piperidine rings is 1. The van der Waals surface area contributed by atoms with E-state index in [1.165, 1.54) is 15.4 Å². The van der Waals surface area contributed by atoms with Crippen LogP contribution in [0.2, 0.25) is 0 Å². The molecule has 3 amide bonds. The molecular formula is C21H30N4O3+2. The summed E-state index contributed by atoms with van der Waals surface area (Å²) in [6.45, 7) is 4.96. The molecule has 7 nitrogen and oxygen atoms in total. The second kappa shape index (κ2) is 7.22. The molecule has 1 unspecified atom stereocenters. The van der Waals surface area contributed by atoms with Gasteiger partial charge in [0.05, 0.1) is 32.7 Å². The number of carbonyl (C=O) groups is 2. The lowest BCUT2D eigenvalue weighted by atomic mass is 9.88. The zero-order chi connectivity index (χ0) is 19.9. The van der Waals surface area contributed by atoms with Crippen LogP contribution in [-0.4, -0.2) is 56.2 Å². The lowest BCUT2D eigenvalue weighted by molar-refractivity contribution is -0.901. The van der Waals surface area contributed by atoms with Gasteiger partial charge in [-0.15, -0.1) is 0 Å². The van der Waals surface area contributed by atoms with E-state index in [9.17, 15) is 9.59 Å². The van der Waals surface area contributed by atoms with Gasteiger partial charge in [0.2, 0.25) is 0 Å². The topological polar surface area (TPSA) is 71.4 Å². The van der Waals surface area contributed by atoms with E-state index in [0.29, 0.717) is 26.1 Å². The van der Waals surface area contributed by atoms with Gasteiger partial charge in [-0.05, 0) is 6.07 Å². The number of benzene rings is 1. The summed E-state index contributed by atoms with van der Waals surface area (Å²) in [7, 11) is 4.15. The average Bonchev–Trinajstić information content (AvgIpc) is 3.15. The van der Waals surface area contributed by atoms with Crippen LogP contribution < -0.4 is 15.1 Å². The van der Waals surface area contributed by atoms with Gasteiger partial charge in [-0.3, -0.25) is 4.79 Å². The first kappa shape index (κ1) is 19.0. The summed E-state index contributed by atoms with van der Waals surface area (Å²) < 4.78 is 5.99. The van der Waals surface area contributed by atoms with Gasteiger partial charge in [-0.2, -0.15) is 0 Å². The van der Waals surface area contributed by atoms with Crippen LogP contribution in [0.4, 0.5) is 4.79 Å². The SMILES string of the molecule is CCc1oc2ccccc2c1C[NH+](C)CN1C(=O)NC2(CC[NH+](C)CC2)C1=O. The zero-order valence-corrected chi connectivity index (χ0v) is 16.9. The summed E-state index contributed by atoms with van der Waals surface area (Å²) in [6, 6.07) is 7.79. The molecule has 7 heteroatoms. The molecule has 1 spiro atoms. The van der Waals surface area contributed by atoms with E-state index in [2.05, 4.69) is 25.4 Å². The Labute approximate surface area is 165 Å². The number of hydrogen-bond acceptors (Lipinski definition) is 3. The van der Waals surface area contributed by atoms with E-state index in [4.69, 9.17) is 4.42 Å². The summed E-state index contributed by atoms with van der Waals surface area (Å²) in [6.07, 6.45) is 2.25. The van der Waals surface area contributed by atoms with Crippen LogP contribution in [0.1, 0.15) is 31.1 Å². The van der Waals surface area contributed by atoms with Gasteiger partial charge in [0.15, 0.2) is 6.67 Å². The monoisotopic (exact) mass is 386 g/mol. The van der Waals surface area contributed by atoms with E-state index in [-0.39, 0.29) is 11.9 Å². The number of carbonyl (C=O) groups excluding carboxylic acids is 2. The summed E-state index contributed by atoms with van der Waals surface area (Å²) in [4.78, 5) is 29.5. The van der Waals surface area contributed by atoms with Gasteiger partial charge in [-0.1, -0.05) is 25.1 Å². The third-order valence-electron chi connectivity index (χ3n) is 6.21. The molecule has 2 saturated heterocycles. The van der Waals surface area contributed by atoms with E-state index < -0.39 is 5.54 Å². The molecule has 2 fully saturated rings. The molecule has 2 aromatic rings. The van der Waals surface area contributed by atoms with Gasteiger partial charge in [-0.25, -0.2) is 9.69 Å². The second-order valence-electron chi connectivity index (χ2n) is 8.35. The molecule has 2 aliphatic heterocycles. The maximum absolute atomic E-state index is 13.1. The van der Waals surface area contributed by atoms with Crippen LogP contribution in [0.25, 0.3) is 11.0 Å². The minimum Gasteiger partial charge on any atom is -0.461 e. The second-order valence-corrected chi connectivity index (χ2v) is 8.35. The van der Waals surface area contributed by atoms with Crippen molar-refractivity contribution in [3.63, 3.8) is 0 Å². The predicted molar refractivity (Wildman–Crippen MR) is 105 cm³/mol. The number of furan rings is 1. The predicted octanol–water partition coefficient (Wildman–Crippen LogP) is -0.433. The Morgan fingerprint density at radius 1 is 1.25 bits per heavy atom. The number of aryl methyl sites for hydroxylation is 1. The summed E-state index contributed by atoms with van der Waals surface area (Å²) in [5.41, 5.74) is 1.37. The highest BCUT2D eigenvalue weighted by molar-refractivity contribution is 6.06. The molecule has 0 saturated carbocycles. The number of hydrogen-bond donors (Lipinski definition) is 3. The Morgan fingerprint density at radius 2 is 1.96 bits per heavy atom. The molecule has 0 bridgehead atoms. The Bertz CT molecular complexity index is 898. The number of amides is 3. The quantitative estimate of drug-likeness (QED) is 0.611. The smallest absolute Gasteiger partial charge is 0.329 e. The number of nitrogens with one attached hydrogen (secondary N) is 3. The Hall–Kier alpha value is -2.38. The Balaban J connectivity index is 1.49. The van der Waals surface area contributed by atoms with Crippen molar-refractivity contribution in [2.45, 2.75) is 38.3 Å². The van der Waals surface area contributed by atoms with Gasteiger partial charge in [0, 0.05) is 24.6 Å². The molecular weight excluding hydrogens is 356 g/mol.